The van der Waals surface area contributed by atoms with E-state index in [1.54, 1.807) is 0 Å². The summed E-state index contributed by atoms with van der Waals surface area (Å²) < 4.78 is 0. The number of aliphatic hydroxyl groups excluding tert-OH is 1. The number of aliphatic hydroxyl groups is 1. The molecule has 62 valence electrons. The second kappa shape index (κ2) is 3.72. The maximum absolute atomic E-state index is 9.00. The van der Waals surface area contributed by atoms with E-state index >= 15 is 0 Å². The van der Waals surface area contributed by atoms with Crippen molar-refractivity contribution in [3.8, 4) is 0 Å². The lowest BCUT2D eigenvalue weighted by atomic mass is 9.90. The molecule has 1 nitrogen and oxygen atoms in total. The minimum atomic E-state index is 0.198. The monoisotopic (exact) mass is 152 g/mol. The Bertz CT molecular complexity index is 187. The van der Waals surface area contributed by atoms with Gasteiger partial charge in [0.2, 0.25) is 0 Å². The maximum Gasteiger partial charge on any atom is 0.0681 e. The number of rotatable bonds is 2. The van der Waals surface area contributed by atoms with Gasteiger partial charge in [-0.3, -0.25) is 0 Å². The van der Waals surface area contributed by atoms with E-state index < -0.39 is 0 Å². The van der Waals surface area contributed by atoms with Crippen LogP contribution in [0.2, 0.25) is 0 Å². The lowest BCUT2D eigenvalue weighted by molar-refractivity contribution is 0.330. The van der Waals surface area contributed by atoms with E-state index in [4.69, 9.17) is 5.11 Å². The minimum Gasteiger partial charge on any atom is -0.392 e. The van der Waals surface area contributed by atoms with E-state index in [1.807, 2.05) is 0 Å². The standard InChI is InChI=1S/C10H16O/c1-8(2)10-6-4-3-5-9(10)7-11/h5-6,8,11H,3-4,7H2,1-2H3. The van der Waals surface area contributed by atoms with Crippen LogP contribution in [0.5, 0.6) is 0 Å². The second-order valence-corrected chi connectivity index (χ2v) is 3.28. The Hall–Kier alpha value is -0.560. The predicted molar refractivity (Wildman–Crippen MR) is 47.3 cm³/mol. The SMILES string of the molecule is CC(C)C1=CCCC=C1CO. The third kappa shape index (κ3) is 1.93. The van der Waals surface area contributed by atoms with Crippen LogP contribution in [0.15, 0.2) is 23.3 Å². The summed E-state index contributed by atoms with van der Waals surface area (Å²) in [4.78, 5) is 0. The summed E-state index contributed by atoms with van der Waals surface area (Å²) in [6, 6.07) is 0. The largest absolute Gasteiger partial charge is 0.392 e. The zero-order valence-electron chi connectivity index (χ0n) is 7.30. The van der Waals surface area contributed by atoms with Crippen LogP contribution in [-0.4, -0.2) is 11.7 Å². The molecule has 0 amide bonds. The van der Waals surface area contributed by atoms with Gasteiger partial charge in [-0.25, -0.2) is 0 Å². The molecule has 0 unspecified atom stereocenters. The average molecular weight is 152 g/mol. The van der Waals surface area contributed by atoms with Gasteiger partial charge in [-0.15, -0.1) is 0 Å². The molecule has 0 aromatic rings. The van der Waals surface area contributed by atoms with Crippen LogP contribution >= 0.6 is 0 Å². The van der Waals surface area contributed by atoms with Crippen molar-refractivity contribution in [3.05, 3.63) is 23.3 Å². The van der Waals surface area contributed by atoms with Crippen LogP contribution in [0.1, 0.15) is 26.7 Å². The third-order valence-electron chi connectivity index (χ3n) is 2.08. The van der Waals surface area contributed by atoms with Crippen molar-refractivity contribution in [2.75, 3.05) is 6.61 Å². The Labute approximate surface area is 68.4 Å². The molecular formula is C10H16O. The van der Waals surface area contributed by atoms with Gasteiger partial charge in [-0.1, -0.05) is 26.0 Å². The minimum absolute atomic E-state index is 0.198. The smallest absolute Gasteiger partial charge is 0.0681 e. The molecule has 1 heteroatoms. The van der Waals surface area contributed by atoms with Crippen LogP contribution in [0.3, 0.4) is 0 Å². The van der Waals surface area contributed by atoms with Crippen LogP contribution in [0.4, 0.5) is 0 Å². The molecule has 0 spiro atoms. The van der Waals surface area contributed by atoms with Gasteiger partial charge in [-0.2, -0.15) is 0 Å². The summed E-state index contributed by atoms with van der Waals surface area (Å²) >= 11 is 0. The Morgan fingerprint density at radius 1 is 1.36 bits per heavy atom. The van der Waals surface area contributed by atoms with Crippen molar-refractivity contribution in [1.29, 1.82) is 0 Å². The van der Waals surface area contributed by atoms with Crippen molar-refractivity contribution < 1.29 is 5.11 Å². The van der Waals surface area contributed by atoms with Crippen molar-refractivity contribution >= 4 is 0 Å². The first-order valence-corrected chi connectivity index (χ1v) is 4.26. The molecule has 1 aliphatic carbocycles. The first-order valence-electron chi connectivity index (χ1n) is 4.26. The molecule has 0 atom stereocenters. The fourth-order valence-corrected chi connectivity index (χ4v) is 1.51. The van der Waals surface area contributed by atoms with Crippen molar-refractivity contribution in [2.45, 2.75) is 26.7 Å². The first kappa shape index (κ1) is 8.54. The van der Waals surface area contributed by atoms with Crippen molar-refractivity contribution in [1.82, 2.24) is 0 Å². The summed E-state index contributed by atoms with van der Waals surface area (Å²) in [5.41, 5.74) is 2.46. The summed E-state index contributed by atoms with van der Waals surface area (Å²) in [7, 11) is 0. The second-order valence-electron chi connectivity index (χ2n) is 3.28. The van der Waals surface area contributed by atoms with E-state index in [9.17, 15) is 0 Å². The number of hydrogen-bond acceptors (Lipinski definition) is 1. The van der Waals surface area contributed by atoms with Crippen LogP contribution < -0.4 is 0 Å². The van der Waals surface area contributed by atoms with E-state index in [2.05, 4.69) is 26.0 Å². The van der Waals surface area contributed by atoms with E-state index in [0.29, 0.717) is 5.92 Å². The third-order valence-corrected chi connectivity index (χ3v) is 2.08. The topological polar surface area (TPSA) is 20.2 Å². The van der Waals surface area contributed by atoms with Gasteiger partial charge in [0.15, 0.2) is 0 Å². The van der Waals surface area contributed by atoms with Crippen molar-refractivity contribution in [3.63, 3.8) is 0 Å². The predicted octanol–water partition coefficient (Wildman–Crippen LogP) is 2.28. The van der Waals surface area contributed by atoms with Crippen molar-refractivity contribution in [2.24, 2.45) is 5.92 Å². The normalized spacial score (nSPS) is 18.2. The lowest BCUT2D eigenvalue weighted by Crippen LogP contribution is -2.05. The highest BCUT2D eigenvalue weighted by Gasteiger charge is 2.10. The molecule has 1 N–H and O–H groups in total. The number of hydrogen-bond donors (Lipinski definition) is 1. The van der Waals surface area contributed by atoms with Gasteiger partial charge >= 0.3 is 0 Å². The summed E-state index contributed by atoms with van der Waals surface area (Å²) in [5.74, 6) is 0.550. The van der Waals surface area contributed by atoms with Gasteiger partial charge in [-0.05, 0) is 29.9 Å². The summed E-state index contributed by atoms with van der Waals surface area (Å²) in [6.45, 7) is 4.53. The Morgan fingerprint density at radius 3 is 2.45 bits per heavy atom. The quantitative estimate of drug-likeness (QED) is 0.643. The fraction of sp³-hybridized carbons (Fsp3) is 0.600. The molecule has 1 rings (SSSR count). The van der Waals surface area contributed by atoms with Crippen LogP contribution in [0.25, 0.3) is 0 Å². The van der Waals surface area contributed by atoms with E-state index in [0.717, 1.165) is 18.4 Å². The van der Waals surface area contributed by atoms with Gasteiger partial charge in [0.05, 0.1) is 6.61 Å². The summed E-state index contributed by atoms with van der Waals surface area (Å²) in [6.07, 6.45) is 6.62. The molecule has 1 aliphatic rings. The highest BCUT2D eigenvalue weighted by atomic mass is 16.3. The fourth-order valence-electron chi connectivity index (χ4n) is 1.51. The molecule has 0 heterocycles. The molecule has 0 bridgehead atoms. The number of allylic oxidation sites excluding steroid dienone is 2. The molecule has 0 aromatic heterocycles. The Balaban J connectivity index is 2.75. The Kier molecular flexibility index (Phi) is 2.89. The van der Waals surface area contributed by atoms with Crippen LogP contribution in [0, 0.1) is 5.92 Å². The van der Waals surface area contributed by atoms with Gasteiger partial charge in [0, 0.05) is 0 Å². The highest BCUT2D eigenvalue weighted by molar-refractivity contribution is 5.35. The molecule has 0 aliphatic heterocycles. The molecule has 0 fully saturated rings. The molecule has 11 heavy (non-hydrogen) atoms. The van der Waals surface area contributed by atoms with Gasteiger partial charge < -0.3 is 5.11 Å². The lowest BCUT2D eigenvalue weighted by Gasteiger charge is -2.17. The summed E-state index contributed by atoms with van der Waals surface area (Å²) in [5, 5.41) is 9.00. The van der Waals surface area contributed by atoms with Crippen LogP contribution in [-0.2, 0) is 0 Å². The molecule has 0 saturated carbocycles. The highest BCUT2D eigenvalue weighted by Crippen LogP contribution is 2.24. The molecule has 0 radical (unpaired) electrons. The average Bonchev–Trinajstić information content (AvgIpc) is 2.04. The molecule has 0 aromatic carbocycles. The van der Waals surface area contributed by atoms with Gasteiger partial charge in [0.1, 0.15) is 0 Å². The van der Waals surface area contributed by atoms with Gasteiger partial charge in [0.25, 0.3) is 0 Å². The van der Waals surface area contributed by atoms with E-state index in [-0.39, 0.29) is 6.61 Å². The first-order chi connectivity index (χ1) is 5.25. The zero-order chi connectivity index (χ0) is 8.27. The molecular weight excluding hydrogens is 136 g/mol. The maximum atomic E-state index is 9.00. The Morgan fingerprint density at radius 2 is 2.00 bits per heavy atom. The van der Waals surface area contributed by atoms with E-state index in [1.165, 1.54) is 5.57 Å². The zero-order valence-corrected chi connectivity index (χ0v) is 7.30. The molecule has 0 saturated heterocycles.